The van der Waals surface area contributed by atoms with Gasteiger partial charge in [-0.2, -0.15) is 0 Å². The SMILES string of the molecule is NC[C@H]1CCC[C@H]1C(=O)N1CCN(Cc2ccc(Cl)cc2)C(=O)C1. The van der Waals surface area contributed by atoms with Gasteiger partial charge >= 0.3 is 0 Å². The molecular weight excluding hydrogens is 326 g/mol. The van der Waals surface area contributed by atoms with Crippen LogP contribution in [-0.2, 0) is 16.1 Å². The molecule has 0 unspecified atom stereocenters. The molecular formula is C18H24ClN3O2. The fourth-order valence-electron chi connectivity index (χ4n) is 3.75. The van der Waals surface area contributed by atoms with Crippen LogP contribution in [0.1, 0.15) is 24.8 Å². The Balaban J connectivity index is 1.57. The van der Waals surface area contributed by atoms with Crippen LogP contribution >= 0.6 is 11.6 Å². The first-order valence-corrected chi connectivity index (χ1v) is 8.97. The number of benzene rings is 1. The molecule has 1 heterocycles. The smallest absolute Gasteiger partial charge is 0.242 e. The second-order valence-electron chi connectivity index (χ2n) is 6.73. The highest BCUT2D eigenvalue weighted by Crippen LogP contribution is 2.32. The van der Waals surface area contributed by atoms with Crippen molar-refractivity contribution in [1.29, 1.82) is 0 Å². The second kappa shape index (κ2) is 7.53. The summed E-state index contributed by atoms with van der Waals surface area (Å²) in [6.07, 6.45) is 2.99. The molecule has 2 aliphatic rings. The van der Waals surface area contributed by atoms with Crippen LogP contribution < -0.4 is 5.73 Å². The maximum atomic E-state index is 12.7. The number of piperazine rings is 1. The fourth-order valence-corrected chi connectivity index (χ4v) is 3.88. The first-order valence-electron chi connectivity index (χ1n) is 8.59. The van der Waals surface area contributed by atoms with E-state index in [9.17, 15) is 9.59 Å². The van der Waals surface area contributed by atoms with Gasteiger partial charge in [0.2, 0.25) is 11.8 Å². The Labute approximate surface area is 147 Å². The summed E-state index contributed by atoms with van der Waals surface area (Å²) in [5, 5.41) is 0.687. The fraction of sp³-hybridized carbons (Fsp3) is 0.556. The van der Waals surface area contributed by atoms with Gasteiger partial charge in [-0.15, -0.1) is 0 Å². The monoisotopic (exact) mass is 349 g/mol. The molecule has 0 aromatic heterocycles. The van der Waals surface area contributed by atoms with Crippen molar-refractivity contribution in [2.24, 2.45) is 17.6 Å². The third-order valence-corrected chi connectivity index (χ3v) is 5.45. The van der Waals surface area contributed by atoms with Crippen LogP contribution in [0.15, 0.2) is 24.3 Å². The van der Waals surface area contributed by atoms with Gasteiger partial charge in [0.15, 0.2) is 0 Å². The molecule has 1 aromatic carbocycles. The Morgan fingerprint density at radius 3 is 2.62 bits per heavy atom. The van der Waals surface area contributed by atoms with Gasteiger partial charge < -0.3 is 15.5 Å². The van der Waals surface area contributed by atoms with Gasteiger partial charge in [0.05, 0.1) is 6.54 Å². The average molecular weight is 350 g/mol. The normalized spacial score (nSPS) is 24.5. The molecule has 1 saturated heterocycles. The number of hydrogen-bond acceptors (Lipinski definition) is 3. The number of nitrogens with zero attached hydrogens (tertiary/aromatic N) is 2. The summed E-state index contributed by atoms with van der Waals surface area (Å²) in [4.78, 5) is 28.7. The number of rotatable bonds is 4. The molecule has 1 aliphatic carbocycles. The molecule has 1 aromatic rings. The van der Waals surface area contributed by atoms with E-state index in [-0.39, 0.29) is 30.2 Å². The van der Waals surface area contributed by atoms with Crippen LogP contribution in [0.4, 0.5) is 0 Å². The van der Waals surface area contributed by atoms with Crippen LogP contribution in [0.3, 0.4) is 0 Å². The van der Waals surface area contributed by atoms with Gasteiger partial charge in [-0.05, 0) is 43.0 Å². The number of nitrogens with two attached hydrogens (primary N) is 1. The molecule has 2 amide bonds. The molecule has 0 bridgehead atoms. The Hall–Kier alpha value is -1.59. The quantitative estimate of drug-likeness (QED) is 0.902. The standard InChI is InChI=1S/C18H24ClN3O2/c19-15-6-4-13(5-7-15)11-21-8-9-22(12-17(21)23)18(24)16-3-1-2-14(16)10-20/h4-7,14,16H,1-3,8-12,20H2/t14-,16-/m1/s1. The molecule has 2 fully saturated rings. The van der Waals surface area contributed by atoms with E-state index in [0.29, 0.717) is 31.2 Å². The minimum atomic E-state index is 0.00520. The molecule has 1 aliphatic heterocycles. The largest absolute Gasteiger partial charge is 0.335 e. The summed E-state index contributed by atoms with van der Waals surface area (Å²) < 4.78 is 0. The van der Waals surface area contributed by atoms with Gasteiger partial charge in [0.1, 0.15) is 0 Å². The number of amides is 2. The minimum Gasteiger partial charge on any atom is -0.335 e. The minimum absolute atomic E-state index is 0.00520. The van der Waals surface area contributed by atoms with Crippen molar-refractivity contribution < 1.29 is 9.59 Å². The van der Waals surface area contributed by atoms with Crippen LogP contribution in [0.2, 0.25) is 5.02 Å². The third-order valence-electron chi connectivity index (χ3n) is 5.20. The maximum absolute atomic E-state index is 12.7. The lowest BCUT2D eigenvalue weighted by atomic mass is 9.94. The van der Waals surface area contributed by atoms with E-state index < -0.39 is 0 Å². The van der Waals surface area contributed by atoms with Gasteiger partial charge in [-0.1, -0.05) is 30.2 Å². The highest BCUT2D eigenvalue weighted by molar-refractivity contribution is 6.30. The maximum Gasteiger partial charge on any atom is 0.242 e. The Kier molecular flexibility index (Phi) is 5.41. The number of carbonyl (C=O) groups is 2. The molecule has 2 atom stereocenters. The van der Waals surface area contributed by atoms with Crippen molar-refractivity contribution in [1.82, 2.24) is 9.80 Å². The molecule has 0 radical (unpaired) electrons. The Bertz CT molecular complexity index is 605. The van der Waals surface area contributed by atoms with E-state index in [0.717, 1.165) is 24.8 Å². The Morgan fingerprint density at radius 1 is 1.21 bits per heavy atom. The summed E-state index contributed by atoms with van der Waals surface area (Å²) in [6, 6.07) is 7.51. The molecule has 5 nitrogen and oxygen atoms in total. The van der Waals surface area contributed by atoms with Gasteiger partial charge in [0.25, 0.3) is 0 Å². The topological polar surface area (TPSA) is 66.6 Å². The lowest BCUT2D eigenvalue weighted by Crippen LogP contribution is -2.53. The van der Waals surface area contributed by atoms with E-state index in [2.05, 4.69) is 0 Å². The lowest BCUT2D eigenvalue weighted by molar-refractivity contribution is -0.148. The van der Waals surface area contributed by atoms with Gasteiger partial charge in [-0.3, -0.25) is 9.59 Å². The number of carbonyl (C=O) groups excluding carboxylic acids is 2. The van der Waals surface area contributed by atoms with E-state index in [1.165, 1.54) is 0 Å². The second-order valence-corrected chi connectivity index (χ2v) is 7.17. The van der Waals surface area contributed by atoms with E-state index in [1.807, 2.05) is 29.2 Å². The average Bonchev–Trinajstić information content (AvgIpc) is 3.06. The van der Waals surface area contributed by atoms with Gasteiger partial charge in [0, 0.05) is 30.6 Å². The number of halogens is 1. The molecule has 3 rings (SSSR count). The van der Waals surface area contributed by atoms with Crippen LogP contribution in [0.5, 0.6) is 0 Å². The van der Waals surface area contributed by atoms with Crippen molar-refractivity contribution in [2.75, 3.05) is 26.2 Å². The molecule has 6 heteroatoms. The van der Waals surface area contributed by atoms with Crippen molar-refractivity contribution in [3.8, 4) is 0 Å². The molecule has 24 heavy (non-hydrogen) atoms. The predicted octanol–water partition coefficient (Wildman–Crippen LogP) is 1.89. The molecule has 0 spiro atoms. The molecule has 2 N–H and O–H groups in total. The number of hydrogen-bond donors (Lipinski definition) is 1. The van der Waals surface area contributed by atoms with Crippen LogP contribution in [0.25, 0.3) is 0 Å². The first kappa shape index (κ1) is 17.2. The summed E-state index contributed by atoms with van der Waals surface area (Å²) in [7, 11) is 0. The summed E-state index contributed by atoms with van der Waals surface area (Å²) in [5.41, 5.74) is 6.83. The van der Waals surface area contributed by atoms with Gasteiger partial charge in [-0.25, -0.2) is 0 Å². The predicted molar refractivity (Wildman–Crippen MR) is 93.3 cm³/mol. The molecule has 130 valence electrons. The van der Waals surface area contributed by atoms with Crippen molar-refractivity contribution in [2.45, 2.75) is 25.8 Å². The first-order chi connectivity index (χ1) is 11.6. The Morgan fingerprint density at radius 2 is 1.96 bits per heavy atom. The summed E-state index contributed by atoms with van der Waals surface area (Å²) in [6.45, 7) is 2.48. The van der Waals surface area contributed by atoms with Crippen molar-refractivity contribution >= 4 is 23.4 Å². The summed E-state index contributed by atoms with van der Waals surface area (Å²) >= 11 is 5.89. The molecule has 1 saturated carbocycles. The zero-order valence-electron chi connectivity index (χ0n) is 13.8. The van der Waals surface area contributed by atoms with E-state index in [4.69, 9.17) is 17.3 Å². The zero-order chi connectivity index (χ0) is 17.1. The third kappa shape index (κ3) is 3.73. The van der Waals surface area contributed by atoms with Crippen molar-refractivity contribution in [3.05, 3.63) is 34.9 Å². The van der Waals surface area contributed by atoms with E-state index >= 15 is 0 Å². The highest BCUT2D eigenvalue weighted by atomic mass is 35.5. The highest BCUT2D eigenvalue weighted by Gasteiger charge is 2.37. The lowest BCUT2D eigenvalue weighted by Gasteiger charge is -2.36. The zero-order valence-corrected chi connectivity index (χ0v) is 14.5. The summed E-state index contributed by atoms with van der Waals surface area (Å²) in [5.74, 6) is 0.402. The van der Waals surface area contributed by atoms with Crippen LogP contribution in [-0.4, -0.2) is 47.8 Å². The van der Waals surface area contributed by atoms with Crippen molar-refractivity contribution in [3.63, 3.8) is 0 Å². The van der Waals surface area contributed by atoms with Crippen LogP contribution in [0, 0.1) is 11.8 Å². The van der Waals surface area contributed by atoms with E-state index in [1.54, 1.807) is 4.90 Å².